The smallest absolute Gasteiger partial charge is 0.323 e. The number of carbonyl (C=O) groups excluding carboxylic acids is 1. The molecular formula is C22H17N3O6. The van der Waals surface area contributed by atoms with Gasteiger partial charge in [-0.2, -0.15) is 0 Å². The number of nitrogen functional groups attached to an aromatic ring is 1. The number of hydrogen-bond donors (Lipinski definition) is 6. The zero-order valence-electron chi connectivity index (χ0n) is 15.9. The number of phenols is 2. The van der Waals surface area contributed by atoms with Crippen LogP contribution in [-0.2, 0) is 0 Å². The molecule has 2 amide bonds. The maximum absolute atomic E-state index is 12.7. The third-order valence-corrected chi connectivity index (χ3v) is 4.53. The quantitative estimate of drug-likeness (QED) is 0.218. The van der Waals surface area contributed by atoms with Crippen molar-refractivity contribution >= 4 is 34.1 Å². The summed E-state index contributed by atoms with van der Waals surface area (Å²) in [7, 11) is 0. The van der Waals surface area contributed by atoms with E-state index in [1.807, 2.05) is 0 Å². The average Bonchev–Trinajstić information content (AvgIpc) is 2.74. The maximum Gasteiger partial charge on any atom is 0.323 e. The summed E-state index contributed by atoms with van der Waals surface area (Å²) in [6.07, 6.45) is 0. The third kappa shape index (κ3) is 3.92. The highest BCUT2D eigenvalue weighted by Crippen LogP contribution is 2.35. The highest BCUT2D eigenvalue weighted by molar-refractivity contribution is 6.01. The lowest BCUT2D eigenvalue weighted by atomic mass is 10.1. The first-order chi connectivity index (χ1) is 14.8. The van der Waals surface area contributed by atoms with Crippen LogP contribution >= 0.6 is 0 Å². The minimum atomic E-state index is -0.716. The molecule has 0 aliphatic rings. The first kappa shape index (κ1) is 19.6. The summed E-state index contributed by atoms with van der Waals surface area (Å²) in [5, 5.41) is 34.7. The molecule has 0 atom stereocenters. The summed E-state index contributed by atoms with van der Waals surface area (Å²) in [5.74, 6) is -1.60. The van der Waals surface area contributed by atoms with E-state index in [-0.39, 0.29) is 28.0 Å². The van der Waals surface area contributed by atoms with E-state index in [2.05, 4.69) is 10.6 Å². The minimum absolute atomic E-state index is 0.0505. The molecule has 0 aliphatic heterocycles. The van der Waals surface area contributed by atoms with E-state index in [9.17, 15) is 24.9 Å². The van der Waals surface area contributed by atoms with Crippen LogP contribution in [0.2, 0.25) is 0 Å². The first-order valence-corrected chi connectivity index (χ1v) is 9.07. The second-order valence-electron chi connectivity index (χ2n) is 6.72. The van der Waals surface area contributed by atoms with E-state index in [0.717, 1.165) is 6.07 Å². The summed E-state index contributed by atoms with van der Waals surface area (Å²) < 4.78 is 5.64. The number of amides is 2. The molecule has 0 unspecified atom stereocenters. The topological polar surface area (TPSA) is 158 Å². The molecule has 1 heterocycles. The van der Waals surface area contributed by atoms with Crippen molar-refractivity contribution in [1.82, 2.24) is 0 Å². The Morgan fingerprint density at radius 3 is 2.23 bits per heavy atom. The van der Waals surface area contributed by atoms with E-state index in [1.165, 1.54) is 30.3 Å². The van der Waals surface area contributed by atoms with E-state index in [4.69, 9.17) is 10.2 Å². The number of nitrogens with two attached hydrogens (primary N) is 1. The summed E-state index contributed by atoms with van der Waals surface area (Å²) >= 11 is 0. The fourth-order valence-electron chi connectivity index (χ4n) is 2.98. The van der Waals surface area contributed by atoms with Crippen LogP contribution in [0, 0.1) is 0 Å². The number of urea groups is 1. The van der Waals surface area contributed by atoms with Crippen LogP contribution < -0.4 is 21.8 Å². The molecule has 0 fully saturated rings. The van der Waals surface area contributed by atoms with Gasteiger partial charge in [0.25, 0.3) is 0 Å². The molecular weight excluding hydrogens is 402 g/mol. The normalized spacial score (nSPS) is 10.7. The predicted octanol–water partition coefficient (Wildman–Crippen LogP) is 3.80. The van der Waals surface area contributed by atoms with Crippen molar-refractivity contribution in [2.45, 2.75) is 0 Å². The van der Waals surface area contributed by atoms with Crippen molar-refractivity contribution in [3.63, 3.8) is 0 Å². The number of benzene rings is 3. The Hall–Kier alpha value is -4.66. The first-order valence-electron chi connectivity index (χ1n) is 9.07. The Balaban J connectivity index is 1.64. The largest absolute Gasteiger partial charge is 0.504 e. The number of nitrogens with one attached hydrogen (secondary N) is 2. The second-order valence-corrected chi connectivity index (χ2v) is 6.72. The van der Waals surface area contributed by atoms with E-state index >= 15 is 0 Å². The molecule has 0 aliphatic carbocycles. The lowest BCUT2D eigenvalue weighted by molar-refractivity contribution is 0.262. The van der Waals surface area contributed by atoms with Crippen molar-refractivity contribution < 1.29 is 24.5 Å². The Morgan fingerprint density at radius 2 is 1.52 bits per heavy atom. The van der Waals surface area contributed by atoms with Crippen LogP contribution in [-0.4, -0.2) is 21.4 Å². The van der Waals surface area contributed by atoms with Crippen LogP contribution in [0.3, 0.4) is 0 Å². The molecule has 0 spiro atoms. The van der Waals surface area contributed by atoms with E-state index in [0.29, 0.717) is 17.1 Å². The lowest BCUT2D eigenvalue weighted by Gasteiger charge is -2.10. The zero-order chi connectivity index (χ0) is 22.1. The van der Waals surface area contributed by atoms with Gasteiger partial charge in [-0.15, -0.1) is 0 Å². The van der Waals surface area contributed by atoms with Gasteiger partial charge in [-0.3, -0.25) is 4.79 Å². The van der Waals surface area contributed by atoms with Crippen LogP contribution in [0.15, 0.2) is 69.9 Å². The molecule has 0 bridgehead atoms. The van der Waals surface area contributed by atoms with E-state index < -0.39 is 23.0 Å². The molecule has 9 nitrogen and oxygen atoms in total. The lowest BCUT2D eigenvalue weighted by Crippen LogP contribution is -2.19. The number of rotatable bonds is 3. The molecule has 7 N–H and O–H groups in total. The van der Waals surface area contributed by atoms with Gasteiger partial charge in [0.1, 0.15) is 5.58 Å². The summed E-state index contributed by atoms with van der Waals surface area (Å²) in [5.41, 5.74) is 6.67. The van der Waals surface area contributed by atoms with Gasteiger partial charge in [0.2, 0.25) is 11.2 Å². The molecule has 4 rings (SSSR count). The number of phenolic OH excluding ortho intramolecular Hbond substituents is 2. The predicted molar refractivity (Wildman–Crippen MR) is 116 cm³/mol. The molecule has 156 valence electrons. The highest BCUT2D eigenvalue weighted by atomic mass is 16.4. The Labute approximate surface area is 175 Å². The third-order valence-electron chi connectivity index (χ3n) is 4.53. The molecule has 0 saturated carbocycles. The van der Waals surface area contributed by atoms with Gasteiger partial charge in [-0.1, -0.05) is 0 Å². The fraction of sp³-hybridized carbons (Fsp3) is 0. The Morgan fingerprint density at radius 1 is 0.839 bits per heavy atom. The average molecular weight is 419 g/mol. The van der Waals surface area contributed by atoms with Gasteiger partial charge in [-0.05, 0) is 60.7 Å². The van der Waals surface area contributed by atoms with Gasteiger partial charge in [0, 0.05) is 22.6 Å². The Kier molecular flexibility index (Phi) is 4.84. The van der Waals surface area contributed by atoms with Crippen LogP contribution in [0.25, 0.3) is 22.3 Å². The van der Waals surface area contributed by atoms with Crippen molar-refractivity contribution in [2.24, 2.45) is 0 Å². The van der Waals surface area contributed by atoms with Gasteiger partial charge >= 0.3 is 6.03 Å². The van der Waals surface area contributed by atoms with Crippen LogP contribution in [0.4, 0.5) is 21.9 Å². The Bertz CT molecular complexity index is 1360. The zero-order valence-corrected chi connectivity index (χ0v) is 15.9. The number of fused-ring (bicyclic) bond motifs is 1. The van der Waals surface area contributed by atoms with Crippen molar-refractivity contribution in [2.75, 3.05) is 16.4 Å². The van der Waals surface area contributed by atoms with Crippen molar-refractivity contribution in [3.8, 4) is 28.6 Å². The number of carbonyl (C=O) groups is 1. The van der Waals surface area contributed by atoms with Crippen LogP contribution in [0.5, 0.6) is 17.2 Å². The monoisotopic (exact) mass is 419 g/mol. The number of hydrogen-bond acceptors (Lipinski definition) is 7. The van der Waals surface area contributed by atoms with E-state index in [1.54, 1.807) is 24.3 Å². The van der Waals surface area contributed by atoms with Gasteiger partial charge < -0.3 is 36.1 Å². The summed E-state index contributed by atoms with van der Waals surface area (Å²) in [6.45, 7) is 0. The molecule has 31 heavy (non-hydrogen) atoms. The standard InChI is InChI=1S/C22H17N3O6/c23-12-2-4-13(5-3-12)24-22(30)25-14-6-8-18-15(10-14)19(28)20(29)21(31-18)11-1-7-16(26)17(27)9-11/h1-10,26-27,29H,23H2,(H2,24,25,30). The molecule has 9 heteroatoms. The highest BCUT2D eigenvalue weighted by Gasteiger charge is 2.17. The van der Waals surface area contributed by atoms with Crippen LogP contribution in [0.1, 0.15) is 0 Å². The SMILES string of the molecule is Nc1ccc(NC(=O)Nc2ccc3oc(-c4ccc(O)c(O)c4)c(O)c(=O)c3c2)cc1. The maximum atomic E-state index is 12.7. The van der Waals surface area contributed by atoms with Gasteiger partial charge in [-0.25, -0.2) is 4.79 Å². The number of anilines is 3. The van der Waals surface area contributed by atoms with Gasteiger partial charge in [0.05, 0.1) is 5.39 Å². The summed E-state index contributed by atoms with van der Waals surface area (Å²) in [4.78, 5) is 24.9. The fourth-order valence-corrected chi connectivity index (χ4v) is 2.98. The minimum Gasteiger partial charge on any atom is -0.504 e. The molecule has 1 aromatic heterocycles. The molecule has 0 saturated heterocycles. The van der Waals surface area contributed by atoms with Gasteiger partial charge in [0.15, 0.2) is 17.3 Å². The van der Waals surface area contributed by atoms with Crippen molar-refractivity contribution in [3.05, 3.63) is 70.9 Å². The molecule has 0 radical (unpaired) electrons. The second kappa shape index (κ2) is 7.64. The summed E-state index contributed by atoms with van der Waals surface area (Å²) in [6, 6.07) is 14.2. The number of aromatic hydroxyl groups is 3. The molecule has 4 aromatic rings. The van der Waals surface area contributed by atoms with Crippen molar-refractivity contribution in [1.29, 1.82) is 0 Å². The molecule has 3 aromatic carbocycles.